The van der Waals surface area contributed by atoms with Crippen LogP contribution < -0.4 is 11.1 Å². The van der Waals surface area contributed by atoms with Crippen LogP contribution in [0.25, 0.3) is 0 Å². The molecule has 0 aromatic heterocycles. The largest absolute Gasteiger partial charge is 0.480 e. The van der Waals surface area contributed by atoms with Crippen molar-refractivity contribution in [1.82, 2.24) is 0 Å². The van der Waals surface area contributed by atoms with E-state index in [0.29, 0.717) is 5.69 Å². The lowest BCUT2D eigenvalue weighted by molar-refractivity contribution is -0.221. The van der Waals surface area contributed by atoms with Gasteiger partial charge in [0.2, 0.25) is 0 Å². The molecular formula is C15H22N2O7. The van der Waals surface area contributed by atoms with E-state index in [9.17, 15) is 20.1 Å². The van der Waals surface area contributed by atoms with Crippen LogP contribution in [0.1, 0.15) is 5.56 Å². The van der Waals surface area contributed by atoms with E-state index in [-0.39, 0.29) is 6.42 Å². The van der Waals surface area contributed by atoms with Crippen LogP contribution in [-0.4, -0.2) is 74.8 Å². The lowest BCUT2D eigenvalue weighted by Gasteiger charge is -2.40. The van der Waals surface area contributed by atoms with Gasteiger partial charge in [0.25, 0.3) is 0 Å². The summed E-state index contributed by atoms with van der Waals surface area (Å²) < 4.78 is 5.34. The highest BCUT2D eigenvalue weighted by atomic mass is 16.6. The van der Waals surface area contributed by atoms with E-state index >= 15 is 0 Å². The molecule has 9 nitrogen and oxygen atoms in total. The van der Waals surface area contributed by atoms with Crippen molar-refractivity contribution in [2.45, 2.75) is 43.1 Å². The minimum Gasteiger partial charge on any atom is -0.480 e. The van der Waals surface area contributed by atoms with Gasteiger partial charge in [-0.3, -0.25) is 4.79 Å². The lowest BCUT2D eigenvalue weighted by Crippen LogP contribution is -2.60. The second kappa shape index (κ2) is 7.88. The highest BCUT2D eigenvalue weighted by Gasteiger charge is 2.43. The van der Waals surface area contributed by atoms with Crippen molar-refractivity contribution in [3.63, 3.8) is 0 Å². The Kier molecular flexibility index (Phi) is 6.10. The molecule has 8 N–H and O–H groups in total. The third-order valence-corrected chi connectivity index (χ3v) is 3.93. The number of hydrogen-bond donors (Lipinski definition) is 7. The number of aliphatic hydroxyl groups excluding tert-OH is 4. The first-order valence-corrected chi connectivity index (χ1v) is 7.48. The molecule has 1 aliphatic rings. The number of nitrogens with one attached hydrogen (secondary N) is 1. The van der Waals surface area contributed by atoms with Crippen LogP contribution in [0.3, 0.4) is 0 Å². The molecule has 6 atom stereocenters. The molecule has 1 unspecified atom stereocenters. The molecule has 1 heterocycles. The van der Waals surface area contributed by atoms with Crippen LogP contribution in [0, 0.1) is 0 Å². The fourth-order valence-corrected chi connectivity index (χ4v) is 2.46. The molecule has 9 heteroatoms. The first kappa shape index (κ1) is 18.6. The predicted octanol–water partition coefficient (Wildman–Crippen LogP) is -2.15. The number of aliphatic carboxylic acids is 1. The van der Waals surface area contributed by atoms with Gasteiger partial charge in [-0.1, -0.05) is 12.1 Å². The highest BCUT2D eigenvalue weighted by molar-refractivity contribution is 5.73. The molecule has 0 radical (unpaired) electrons. The molecule has 1 aromatic carbocycles. The average molecular weight is 342 g/mol. The lowest BCUT2D eigenvalue weighted by atomic mass is 9.98. The summed E-state index contributed by atoms with van der Waals surface area (Å²) in [5.74, 6) is -1.08. The number of carboxylic acid groups (broad SMARTS) is 1. The third-order valence-electron chi connectivity index (χ3n) is 3.93. The number of benzene rings is 1. The van der Waals surface area contributed by atoms with Gasteiger partial charge in [-0.2, -0.15) is 0 Å². The van der Waals surface area contributed by atoms with E-state index < -0.39 is 49.3 Å². The van der Waals surface area contributed by atoms with E-state index in [4.69, 9.17) is 20.7 Å². The maximum atomic E-state index is 10.7. The maximum absolute atomic E-state index is 10.7. The van der Waals surface area contributed by atoms with Crippen molar-refractivity contribution in [3.8, 4) is 0 Å². The molecule has 1 aromatic rings. The fourth-order valence-electron chi connectivity index (χ4n) is 2.46. The van der Waals surface area contributed by atoms with Gasteiger partial charge >= 0.3 is 5.97 Å². The van der Waals surface area contributed by atoms with Gasteiger partial charge in [-0.25, -0.2) is 0 Å². The van der Waals surface area contributed by atoms with Gasteiger partial charge in [-0.05, 0) is 24.1 Å². The molecule has 0 aliphatic carbocycles. The molecule has 1 aliphatic heterocycles. The van der Waals surface area contributed by atoms with Crippen molar-refractivity contribution in [1.29, 1.82) is 0 Å². The summed E-state index contributed by atoms with van der Waals surface area (Å²) in [6, 6.07) is 5.65. The fraction of sp³-hybridized carbons (Fsp3) is 0.533. The van der Waals surface area contributed by atoms with Crippen molar-refractivity contribution in [2.24, 2.45) is 5.73 Å². The molecule has 0 amide bonds. The minimum atomic E-state index is -1.46. The number of nitrogens with two attached hydrogens (primary N) is 1. The summed E-state index contributed by atoms with van der Waals surface area (Å²) >= 11 is 0. The predicted molar refractivity (Wildman–Crippen MR) is 83.1 cm³/mol. The quantitative estimate of drug-likeness (QED) is 0.305. The van der Waals surface area contributed by atoms with Crippen molar-refractivity contribution >= 4 is 11.7 Å². The number of carbonyl (C=O) groups is 1. The van der Waals surface area contributed by atoms with E-state index in [1.165, 1.54) is 0 Å². The monoisotopic (exact) mass is 342 g/mol. The summed E-state index contributed by atoms with van der Waals surface area (Å²) in [5.41, 5.74) is 6.74. The molecule has 0 spiro atoms. The first-order valence-electron chi connectivity index (χ1n) is 7.48. The van der Waals surface area contributed by atoms with Gasteiger partial charge in [0.05, 0.1) is 6.61 Å². The zero-order valence-electron chi connectivity index (χ0n) is 12.8. The Morgan fingerprint density at radius 2 is 1.79 bits per heavy atom. The normalized spacial score (nSPS) is 31.5. The van der Waals surface area contributed by atoms with E-state index in [1.54, 1.807) is 24.3 Å². The number of rotatable bonds is 6. The summed E-state index contributed by atoms with van der Waals surface area (Å²) in [5, 5.41) is 50.2. The van der Waals surface area contributed by atoms with E-state index in [0.717, 1.165) is 5.56 Å². The van der Waals surface area contributed by atoms with E-state index in [1.807, 2.05) is 0 Å². The third kappa shape index (κ3) is 4.20. The molecule has 1 fully saturated rings. The standard InChI is InChI=1S/C15H22N2O7/c16-9(15(22)23)5-7-1-3-8(4-2-7)17-14-13(21)12(20)11(19)10(6-18)24-14/h1-4,9-14,17-21H,5-6,16H2,(H,22,23)/t9?,10-,11+,12+,13-,14-/m1/s1. The highest BCUT2D eigenvalue weighted by Crippen LogP contribution is 2.23. The zero-order valence-corrected chi connectivity index (χ0v) is 12.8. The molecule has 24 heavy (non-hydrogen) atoms. The SMILES string of the molecule is NC(Cc1ccc(N[C@@H]2O[C@H](CO)[C@H](O)[C@H](O)[C@H]2O)cc1)C(=O)O. The first-order chi connectivity index (χ1) is 11.3. The Morgan fingerprint density at radius 1 is 1.17 bits per heavy atom. The molecule has 0 bridgehead atoms. The van der Waals surface area contributed by atoms with Crippen LogP contribution in [0.15, 0.2) is 24.3 Å². The number of aliphatic hydroxyl groups is 4. The molecule has 134 valence electrons. The van der Waals surface area contributed by atoms with Crippen molar-refractivity contribution < 1.29 is 35.1 Å². The molecule has 1 saturated heterocycles. The van der Waals surface area contributed by atoms with Crippen LogP contribution in [0.5, 0.6) is 0 Å². The minimum absolute atomic E-state index is 0.176. The molecular weight excluding hydrogens is 320 g/mol. The topological polar surface area (TPSA) is 166 Å². The number of hydrogen-bond acceptors (Lipinski definition) is 8. The average Bonchev–Trinajstić information content (AvgIpc) is 2.56. The second-order valence-corrected chi connectivity index (χ2v) is 5.74. The van der Waals surface area contributed by atoms with Gasteiger partial charge in [0.15, 0.2) is 6.23 Å². The van der Waals surface area contributed by atoms with Gasteiger partial charge in [-0.15, -0.1) is 0 Å². The van der Waals surface area contributed by atoms with Gasteiger partial charge in [0, 0.05) is 5.69 Å². The second-order valence-electron chi connectivity index (χ2n) is 5.74. The Morgan fingerprint density at radius 3 is 2.33 bits per heavy atom. The molecule has 2 rings (SSSR count). The van der Waals surface area contributed by atoms with Crippen molar-refractivity contribution in [3.05, 3.63) is 29.8 Å². The van der Waals surface area contributed by atoms with Gasteiger partial charge in [0.1, 0.15) is 30.5 Å². The summed E-state index contributed by atoms with van der Waals surface area (Å²) in [6.07, 6.45) is -6.09. The van der Waals surface area contributed by atoms with Crippen molar-refractivity contribution in [2.75, 3.05) is 11.9 Å². The Bertz CT molecular complexity index is 551. The Balaban J connectivity index is 2.01. The maximum Gasteiger partial charge on any atom is 0.320 e. The zero-order chi connectivity index (χ0) is 17.9. The summed E-state index contributed by atoms with van der Waals surface area (Å²) in [7, 11) is 0. The van der Waals surface area contributed by atoms with Crippen LogP contribution >= 0.6 is 0 Å². The molecule has 0 saturated carbocycles. The van der Waals surface area contributed by atoms with Crippen LogP contribution in [0.2, 0.25) is 0 Å². The smallest absolute Gasteiger partial charge is 0.320 e. The number of ether oxygens (including phenoxy) is 1. The van der Waals surface area contributed by atoms with Gasteiger partial charge < -0.3 is 41.3 Å². The number of anilines is 1. The Labute approximate surface area is 138 Å². The van der Waals surface area contributed by atoms with Crippen LogP contribution in [0.4, 0.5) is 5.69 Å². The van der Waals surface area contributed by atoms with Crippen LogP contribution in [-0.2, 0) is 16.0 Å². The Hall–Kier alpha value is -1.75. The summed E-state index contributed by atoms with van der Waals surface area (Å²) in [4.78, 5) is 10.7. The van der Waals surface area contributed by atoms with E-state index in [2.05, 4.69) is 5.32 Å². The number of carboxylic acids is 1. The summed E-state index contributed by atoms with van der Waals surface area (Å²) in [6.45, 7) is -0.505.